The number of hydrogen-bond donors (Lipinski definition) is 1. The van der Waals surface area contributed by atoms with E-state index in [1.807, 2.05) is 48.5 Å². The van der Waals surface area contributed by atoms with Crippen molar-refractivity contribution in [1.29, 1.82) is 0 Å². The fourth-order valence-electron chi connectivity index (χ4n) is 3.01. The van der Waals surface area contributed by atoms with Gasteiger partial charge in [0.1, 0.15) is 9.71 Å². The predicted molar refractivity (Wildman–Crippen MR) is 128 cm³/mol. The monoisotopic (exact) mass is 512 g/mol. The maximum atomic E-state index is 13.3. The molecule has 4 aromatic rings. The van der Waals surface area contributed by atoms with E-state index in [1.54, 1.807) is 23.4 Å². The number of pyridine rings is 2. The largest absolute Gasteiger partial charge is 0.397 e. The van der Waals surface area contributed by atoms with Crippen molar-refractivity contribution in [1.82, 2.24) is 9.97 Å². The Morgan fingerprint density at radius 3 is 2.69 bits per heavy atom. The number of thiophene rings is 1. The van der Waals surface area contributed by atoms with Crippen molar-refractivity contribution < 1.29 is 4.79 Å². The molecule has 1 aromatic carbocycles. The van der Waals surface area contributed by atoms with Crippen LogP contribution in [0.5, 0.6) is 0 Å². The Morgan fingerprint density at radius 1 is 1.21 bits per heavy atom. The van der Waals surface area contributed by atoms with Crippen LogP contribution in [-0.4, -0.2) is 22.4 Å². The second-order valence-electron chi connectivity index (χ2n) is 6.32. The van der Waals surface area contributed by atoms with E-state index < -0.39 is 0 Å². The Bertz CT molecular complexity index is 1190. The van der Waals surface area contributed by atoms with E-state index in [2.05, 4.69) is 34.2 Å². The maximum Gasteiger partial charge on any atom is 0.270 e. The minimum absolute atomic E-state index is 0.158. The lowest BCUT2D eigenvalue weighted by atomic mass is 10.1. The Labute approximate surface area is 186 Å². The van der Waals surface area contributed by atoms with Gasteiger partial charge in [0.05, 0.1) is 11.4 Å². The van der Waals surface area contributed by atoms with E-state index in [1.165, 1.54) is 11.3 Å². The smallest absolute Gasteiger partial charge is 0.270 e. The van der Waals surface area contributed by atoms with E-state index in [9.17, 15) is 4.79 Å². The number of benzene rings is 1. The van der Waals surface area contributed by atoms with Crippen molar-refractivity contribution in [3.63, 3.8) is 0 Å². The molecule has 0 saturated carbocycles. The van der Waals surface area contributed by atoms with Crippen LogP contribution in [0.2, 0.25) is 0 Å². The first-order valence-electron chi connectivity index (χ1n) is 8.86. The van der Waals surface area contributed by atoms with Crippen LogP contribution in [0.4, 0.5) is 11.4 Å². The van der Waals surface area contributed by atoms with Crippen LogP contribution in [0.1, 0.15) is 9.67 Å². The number of nitrogen functional groups attached to an aromatic ring is 1. The third-order valence-electron chi connectivity index (χ3n) is 4.44. The van der Waals surface area contributed by atoms with Crippen LogP contribution in [-0.2, 0) is 0 Å². The summed E-state index contributed by atoms with van der Waals surface area (Å²) in [4.78, 5) is 25.1. The number of aromatic nitrogens is 2. The fraction of sp³-hybridized carbons (Fsp3) is 0.0455. The van der Waals surface area contributed by atoms with Crippen LogP contribution < -0.4 is 10.6 Å². The average molecular weight is 512 g/mol. The molecule has 0 fully saturated rings. The van der Waals surface area contributed by atoms with E-state index in [4.69, 9.17) is 10.7 Å². The van der Waals surface area contributed by atoms with Gasteiger partial charge in [-0.3, -0.25) is 9.78 Å². The Balaban J connectivity index is 1.75. The highest BCUT2D eigenvalue weighted by Gasteiger charge is 2.23. The summed E-state index contributed by atoms with van der Waals surface area (Å²) in [5.74, 6) is -0.158. The van der Waals surface area contributed by atoms with Crippen molar-refractivity contribution in [3.8, 4) is 11.3 Å². The molecule has 0 aliphatic rings. The second kappa shape index (κ2) is 8.30. The van der Waals surface area contributed by atoms with Crippen molar-refractivity contribution in [2.75, 3.05) is 17.2 Å². The molecule has 0 aliphatic heterocycles. The summed E-state index contributed by atoms with van der Waals surface area (Å²) in [6.07, 6.45) is 5.19. The molecule has 0 bridgehead atoms. The quantitative estimate of drug-likeness (QED) is 0.288. The molecule has 5 nitrogen and oxygen atoms in total. The first-order valence-corrected chi connectivity index (χ1v) is 10.8. The highest BCUT2D eigenvalue weighted by atomic mass is 127. The molecule has 144 valence electrons. The molecule has 1 amide bonds. The lowest BCUT2D eigenvalue weighted by Crippen LogP contribution is -2.30. The zero-order chi connectivity index (χ0) is 20.4. The Morgan fingerprint density at radius 2 is 2.00 bits per heavy atom. The first-order chi connectivity index (χ1) is 14.1. The number of nitrogens with two attached hydrogens (primary N) is 1. The first kappa shape index (κ1) is 19.5. The number of nitrogens with zero attached hydrogens (tertiary/aromatic N) is 3. The van der Waals surface area contributed by atoms with Gasteiger partial charge in [-0.15, -0.1) is 17.9 Å². The number of anilines is 2. The third-order valence-corrected chi connectivity index (χ3v) is 6.26. The highest BCUT2D eigenvalue weighted by Crippen LogP contribution is 2.35. The number of rotatable bonds is 5. The van der Waals surface area contributed by atoms with Gasteiger partial charge in [0.2, 0.25) is 0 Å². The molecule has 4 rings (SSSR count). The van der Waals surface area contributed by atoms with Crippen LogP contribution in [0, 0.1) is 3.57 Å². The van der Waals surface area contributed by atoms with Crippen molar-refractivity contribution in [2.45, 2.75) is 0 Å². The zero-order valence-electron chi connectivity index (χ0n) is 15.4. The molecule has 2 N–H and O–H groups in total. The molecular formula is C22H17IN4OS. The molecule has 0 atom stereocenters. The summed E-state index contributed by atoms with van der Waals surface area (Å²) in [7, 11) is 0. The van der Waals surface area contributed by atoms with Gasteiger partial charge in [0.25, 0.3) is 5.91 Å². The number of amides is 1. The summed E-state index contributed by atoms with van der Waals surface area (Å²) in [5, 5.41) is 0.784. The van der Waals surface area contributed by atoms with E-state index in [0.29, 0.717) is 17.1 Å². The molecule has 3 heterocycles. The summed E-state index contributed by atoms with van der Waals surface area (Å²) in [5.41, 5.74) is 9.32. The van der Waals surface area contributed by atoms with Gasteiger partial charge in [-0.25, -0.2) is 4.98 Å². The number of halogens is 1. The molecule has 7 heteroatoms. The number of fused-ring (bicyclic) bond motifs is 1. The second-order valence-corrected chi connectivity index (χ2v) is 8.56. The normalized spacial score (nSPS) is 10.8. The standard InChI is InChI=1S/C22H17IN4OS/c1-2-12-27(16-7-5-15(23)6-8-16)22(28)20-19(24)17-9-10-18(26-21(17)29-20)14-4-3-11-25-13-14/h2-11,13H,1,12,24H2. The van der Waals surface area contributed by atoms with Crippen LogP contribution >= 0.6 is 33.9 Å². The van der Waals surface area contributed by atoms with Crippen molar-refractivity contribution in [3.05, 3.63) is 82.0 Å². The molecular weight excluding hydrogens is 495 g/mol. The minimum Gasteiger partial charge on any atom is -0.397 e. The van der Waals surface area contributed by atoms with Crippen LogP contribution in [0.25, 0.3) is 21.5 Å². The fourth-order valence-corrected chi connectivity index (χ4v) is 4.41. The van der Waals surface area contributed by atoms with Crippen molar-refractivity contribution in [2.24, 2.45) is 0 Å². The molecule has 0 aliphatic carbocycles. The van der Waals surface area contributed by atoms with Gasteiger partial charge in [0, 0.05) is 39.1 Å². The predicted octanol–water partition coefficient (Wildman–Crippen LogP) is 5.38. The van der Waals surface area contributed by atoms with Crippen LogP contribution in [0.3, 0.4) is 0 Å². The molecule has 0 saturated heterocycles. The Kier molecular flexibility index (Phi) is 5.59. The van der Waals surface area contributed by atoms with Gasteiger partial charge >= 0.3 is 0 Å². The van der Waals surface area contributed by atoms with E-state index >= 15 is 0 Å². The molecule has 0 unspecified atom stereocenters. The SMILES string of the molecule is C=CCN(C(=O)c1sc2nc(-c3cccnc3)ccc2c1N)c1ccc(I)cc1. The van der Waals surface area contributed by atoms with Crippen molar-refractivity contribution >= 4 is 61.4 Å². The minimum atomic E-state index is -0.158. The van der Waals surface area contributed by atoms with E-state index in [0.717, 1.165) is 30.7 Å². The van der Waals surface area contributed by atoms with E-state index in [-0.39, 0.29) is 5.91 Å². The number of carbonyl (C=O) groups excluding carboxylic acids is 1. The molecule has 29 heavy (non-hydrogen) atoms. The summed E-state index contributed by atoms with van der Waals surface area (Å²) in [6.45, 7) is 4.18. The lowest BCUT2D eigenvalue weighted by Gasteiger charge is -2.21. The highest BCUT2D eigenvalue weighted by molar-refractivity contribution is 14.1. The molecule has 0 radical (unpaired) electrons. The average Bonchev–Trinajstić information content (AvgIpc) is 3.09. The Hall–Kier alpha value is -2.78. The van der Waals surface area contributed by atoms with Gasteiger partial charge in [-0.2, -0.15) is 0 Å². The third kappa shape index (κ3) is 3.88. The molecule has 3 aromatic heterocycles. The van der Waals surface area contributed by atoms with Gasteiger partial charge in [-0.1, -0.05) is 6.08 Å². The maximum absolute atomic E-state index is 13.3. The topological polar surface area (TPSA) is 72.1 Å². The number of hydrogen-bond acceptors (Lipinski definition) is 5. The lowest BCUT2D eigenvalue weighted by molar-refractivity contribution is 0.0994. The number of carbonyl (C=O) groups is 1. The zero-order valence-corrected chi connectivity index (χ0v) is 18.4. The van der Waals surface area contributed by atoms with Gasteiger partial charge in [-0.05, 0) is 71.1 Å². The summed E-state index contributed by atoms with van der Waals surface area (Å²) in [6, 6.07) is 15.4. The van der Waals surface area contributed by atoms with Gasteiger partial charge < -0.3 is 10.6 Å². The van der Waals surface area contributed by atoms with Gasteiger partial charge in [0.15, 0.2) is 0 Å². The summed E-state index contributed by atoms with van der Waals surface area (Å²) < 4.78 is 1.10. The molecule has 0 spiro atoms. The van der Waals surface area contributed by atoms with Crippen LogP contribution in [0.15, 0.2) is 73.6 Å². The summed E-state index contributed by atoms with van der Waals surface area (Å²) >= 11 is 3.55.